The fourth-order valence-electron chi connectivity index (χ4n) is 1.20. The third-order valence-corrected chi connectivity index (χ3v) is 2.95. The molecule has 0 aliphatic carbocycles. The molecule has 0 aliphatic rings. The molecule has 18 heavy (non-hydrogen) atoms. The Morgan fingerprint density at radius 3 is 1.94 bits per heavy atom. The van der Waals surface area contributed by atoms with Gasteiger partial charge in [-0.1, -0.05) is 25.1 Å². The van der Waals surface area contributed by atoms with Gasteiger partial charge in [0.15, 0.2) is 5.16 Å². The minimum absolute atomic E-state index is 0. The van der Waals surface area contributed by atoms with Gasteiger partial charge in [0.25, 0.3) is 0 Å². The summed E-state index contributed by atoms with van der Waals surface area (Å²) in [5, 5.41) is 7.04. The van der Waals surface area contributed by atoms with Crippen LogP contribution >= 0.6 is 24.2 Å². The van der Waals surface area contributed by atoms with Crippen LogP contribution in [0.5, 0.6) is 0 Å². The molecule has 0 saturated heterocycles. The quantitative estimate of drug-likeness (QED) is 0.567. The van der Waals surface area contributed by atoms with E-state index in [1.54, 1.807) is 11.8 Å². The topological polar surface area (TPSA) is 62.7 Å². The van der Waals surface area contributed by atoms with Gasteiger partial charge in [0.2, 0.25) is 11.9 Å². The summed E-state index contributed by atoms with van der Waals surface area (Å²) in [6.07, 6.45) is 2.38. The molecular formula is C11H22ClN5S. The standard InChI is InChI=1S/C11H21N5S.ClH/c1-4-7-8-17-11-15-9(12-5-2)14-10(16-11)13-6-3;/h4-8H2,1-3H3,(H2,12,13,14,15,16);1H. The Hall–Kier alpha value is -0.750. The summed E-state index contributed by atoms with van der Waals surface area (Å²) in [4.78, 5) is 13.0. The number of rotatable bonds is 8. The Morgan fingerprint density at radius 2 is 1.50 bits per heavy atom. The van der Waals surface area contributed by atoms with Gasteiger partial charge in [-0.25, -0.2) is 0 Å². The maximum absolute atomic E-state index is 4.37. The van der Waals surface area contributed by atoms with Crippen LogP contribution in [-0.4, -0.2) is 33.8 Å². The van der Waals surface area contributed by atoms with Crippen molar-refractivity contribution in [2.45, 2.75) is 38.8 Å². The van der Waals surface area contributed by atoms with Crippen molar-refractivity contribution in [3.05, 3.63) is 0 Å². The molecule has 0 radical (unpaired) electrons. The molecule has 0 spiro atoms. The fraction of sp³-hybridized carbons (Fsp3) is 0.727. The SMILES string of the molecule is CCCCSc1nc(NCC)nc(NCC)n1.Cl. The van der Waals surface area contributed by atoms with Crippen molar-refractivity contribution in [2.24, 2.45) is 0 Å². The van der Waals surface area contributed by atoms with E-state index < -0.39 is 0 Å². The number of halogens is 1. The van der Waals surface area contributed by atoms with Crippen molar-refractivity contribution < 1.29 is 0 Å². The normalized spacial score (nSPS) is 9.72. The first kappa shape index (κ1) is 17.2. The van der Waals surface area contributed by atoms with Crippen LogP contribution in [0.4, 0.5) is 11.9 Å². The third-order valence-electron chi connectivity index (χ3n) is 2.01. The van der Waals surface area contributed by atoms with Crippen LogP contribution < -0.4 is 10.6 Å². The number of unbranched alkanes of at least 4 members (excludes halogenated alkanes) is 1. The minimum Gasteiger partial charge on any atom is -0.354 e. The Kier molecular flexibility index (Phi) is 9.77. The number of nitrogens with one attached hydrogen (secondary N) is 2. The summed E-state index contributed by atoms with van der Waals surface area (Å²) in [6.45, 7) is 7.87. The molecule has 104 valence electrons. The first-order valence-electron chi connectivity index (χ1n) is 6.16. The molecule has 2 N–H and O–H groups in total. The minimum atomic E-state index is 0. The molecule has 0 aliphatic heterocycles. The lowest BCUT2D eigenvalue weighted by molar-refractivity contribution is 0.873. The van der Waals surface area contributed by atoms with Gasteiger partial charge < -0.3 is 10.6 Å². The van der Waals surface area contributed by atoms with Gasteiger partial charge in [0, 0.05) is 18.8 Å². The second-order valence-electron chi connectivity index (χ2n) is 3.53. The first-order chi connectivity index (χ1) is 8.30. The van der Waals surface area contributed by atoms with E-state index in [2.05, 4.69) is 32.5 Å². The second kappa shape index (κ2) is 10.2. The van der Waals surface area contributed by atoms with Gasteiger partial charge in [-0.05, 0) is 20.3 Å². The third kappa shape index (κ3) is 6.26. The maximum atomic E-state index is 4.37. The van der Waals surface area contributed by atoms with Gasteiger partial charge in [-0.15, -0.1) is 12.4 Å². The molecule has 0 bridgehead atoms. The number of nitrogens with zero attached hydrogens (tertiary/aromatic N) is 3. The van der Waals surface area contributed by atoms with Crippen molar-refractivity contribution in [1.82, 2.24) is 15.0 Å². The van der Waals surface area contributed by atoms with E-state index in [1.165, 1.54) is 12.8 Å². The Labute approximate surface area is 119 Å². The van der Waals surface area contributed by atoms with Crippen LogP contribution in [0.3, 0.4) is 0 Å². The summed E-state index contributed by atoms with van der Waals surface area (Å²) in [7, 11) is 0. The summed E-state index contributed by atoms with van der Waals surface area (Å²) in [5.41, 5.74) is 0. The number of hydrogen-bond donors (Lipinski definition) is 2. The highest BCUT2D eigenvalue weighted by Gasteiger charge is 2.05. The summed E-state index contributed by atoms with van der Waals surface area (Å²) in [6, 6.07) is 0. The lowest BCUT2D eigenvalue weighted by atomic mass is 10.4. The zero-order valence-corrected chi connectivity index (χ0v) is 12.8. The van der Waals surface area contributed by atoms with Gasteiger partial charge >= 0.3 is 0 Å². The average molecular weight is 292 g/mol. The van der Waals surface area contributed by atoms with E-state index in [-0.39, 0.29) is 12.4 Å². The van der Waals surface area contributed by atoms with E-state index >= 15 is 0 Å². The first-order valence-corrected chi connectivity index (χ1v) is 7.15. The van der Waals surface area contributed by atoms with Crippen molar-refractivity contribution >= 4 is 36.1 Å². The molecule has 0 aromatic carbocycles. The second-order valence-corrected chi connectivity index (χ2v) is 4.59. The summed E-state index contributed by atoms with van der Waals surface area (Å²) in [5.74, 6) is 2.35. The lowest BCUT2D eigenvalue weighted by Crippen LogP contribution is -2.09. The molecule has 1 aromatic heterocycles. The predicted molar refractivity (Wildman–Crippen MR) is 81.0 cm³/mol. The van der Waals surface area contributed by atoms with Crippen LogP contribution in [0, 0.1) is 0 Å². The number of hydrogen-bond acceptors (Lipinski definition) is 6. The highest BCUT2D eigenvalue weighted by molar-refractivity contribution is 7.99. The molecule has 1 heterocycles. The van der Waals surface area contributed by atoms with E-state index in [0.717, 1.165) is 24.0 Å². The van der Waals surface area contributed by atoms with Gasteiger partial charge in [-0.3, -0.25) is 0 Å². The molecule has 0 amide bonds. The Morgan fingerprint density at radius 1 is 0.944 bits per heavy atom. The smallest absolute Gasteiger partial charge is 0.228 e. The summed E-state index contributed by atoms with van der Waals surface area (Å²) >= 11 is 1.68. The average Bonchev–Trinajstić information content (AvgIpc) is 2.30. The van der Waals surface area contributed by atoms with Crippen molar-refractivity contribution in [1.29, 1.82) is 0 Å². The van der Waals surface area contributed by atoms with Crippen molar-refractivity contribution in [2.75, 3.05) is 29.5 Å². The summed E-state index contributed by atoms with van der Waals surface area (Å²) < 4.78 is 0. The van der Waals surface area contributed by atoms with Crippen LogP contribution in [0.2, 0.25) is 0 Å². The van der Waals surface area contributed by atoms with E-state index in [1.807, 2.05) is 13.8 Å². The number of aromatic nitrogens is 3. The van der Waals surface area contributed by atoms with E-state index in [9.17, 15) is 0 Å². The molecule has 1 rings (SSSR count). The predicted octanol–water partition coefficient (Wildman–Crippen LogP) is 3.05. The number of thioether (sulfide) groups is 1. The molecule has 0 fully saturated rings. The number of anilines is 2. The van der Waals surface area contributed by atoms with Crippen molar-refractivity contribution in [3.63, 3.8) is 0 Å². The molecule has 1 aromatic rings. The van der Waals surface area contributed by atoms with Crippen LogP contribution in [0.25, 0.3) is 0 Å². The highest BCUT2D eigenvalue weighted by Crippen LogP contribution is 2.17. The van der Waals surface area contributed by atoms with Crippen LogP contribution in [-0.2, 0) is 0 Å². The molecule has 0 saturated carbocycles. The molecule has 7 heteroatoms. The monoisotopic (exact) mass is 291 g/mol. The molecule has 0 unspecified atom stereocenters. The van der Waals surface area contributed by atoms with Gasteiger partial charge in [0.05, 0.1) is 0 Å². The zero-order valence-electron chi connectivity index (χ0n) is 11.2. The largest absolute Gasteiger partial charge is 0.354 e. The highest BCUT2D eigenvalue weighted by atomic mass is 35.5. The van der Waals surface area contributed by atoms with E-state index in [4.69, 9.17) is 0 Å². The Balaban J connectivity index is 0.00000289. The van der Waals surface area contributed by atoms with Gasteiger partial charge in [-0.2, -0.15) is 15.0 Å². The molecule has 0 atom stereocenters. The molecular weight excluding hydrogens is 270 g/mol. The van der Waals surface area contributed by atoms with Crippen molar-refractivity contribution in [3.8, 4) is 0 Å². The Bertz CT molecular complexity index is 313. The maximum Gasteiger partial charge on any atom is 0.228 e. The zero-order chi connectivity index (χ0) is 12.5. The van der Waals surface area contributed by atoms with E-state index in [0.29, 0.717) is 11.9 Å². The van der Waals surface area contributed by atoms with Crippen LogP contribution in [0.1, 0.15) is 33.6 Å². The van der Waals surface area contributed by atoms with Crippen LogP contribution in [0.15, 0.2) is 5.16 Å². The molecule has 5 nitrogen and oxygen atoms in total. The fourth-order valence-corrected chi connectivity index (χ4v) is 2.12. The lowest BCUT2D eigenvalue weighted by Gasteiger charge is -2.07. The van der Waals surface area contributed by atoms with Gasteiger partial charge in [0.1, 0.15) is 0 Å².